The summed E-state index contributed by atoms with van der Waals surface area (Å²) in [5.41, 5.74) is 5.03. The topological polar surface area (TPSA) is 75.7 Å². The van der Waals surface area contributed by atoms with E-state index in [0.29, 0.717) is 5.56 Å². The normalized spacial score (nSPS) is 15.3. The Bertz CT molecular complexity index is 781. The van der Waals surface area contributed by atoms with E-state index in [1.54, 1.807) is 19.1 Å². The zero-order valence-corrected chi connectivity index (χ0v) is 15.4. The van der Waals surface area contributed by atoms with Crippen LogP contribution in [0.25, 0.3) is 0 Å². The second kappa shape index (κ2) is 8.48. The van der Waals surface area contributed by atoms with Crippen molar-refractivity contribution in [2.75, 3.05) is 6.61 Å². The highest BCUT2D eigenvalue weighted by Gasteiger charge is 2.31. The van der Waals surface area contributed by atoms with Gasteiger partial charge in [0.15, 0.2) is 0 Å². The fourth-order valence-electron chi connectivity index (χ4n) is 2.75. The van der Waals surface area contributed by atoms with Crippen molar-refractivity contribution >= 4 is 11.6 Å². The van der Waals surface area contributed by atoms with Crippen molar-refractivity contribution < 1.29 is 28.1 Å². The Morgan fingerprint density at radius 3 is 2.41 bits per heavy atom. The molecule has 0 amide bonds. The molecule has 0 aliphatic carbocycles. The van der Waals surface area contributed by atoms with E-state index in [0.717, 1.165) is 12.1 Å². The summed E-state index contributed by atoms with van der Waals surface area (Å²) in [6.07, 6.45) is -4.87. The van der Waals surface area contributed by atoms with Crippen molar-refractivity contribution in [1.82, 2.24) is 0 Å². The van der Waals surface area contributed by atoms with E-state index in [1.165, 1.54) is 18.2 Å². The van der Waals surface area contributed by atoms with Gasteiger partial charge >= 0.3 is 6.18 Å². The fourth-order valence-corrected chi connectivity index (χ4v) is 3.13. The largest absolute Gasteiger partial charge is 0.457 e. The number of alkyl halides is 3. The van der Waals surface area contributed by atoms with Gasteiger partial charge in [-0.15, -0.1) is 0 Å². The van der Waals surface area contributed by atoms with Crippen molar-refractivity contribution in [3.8, 4) is 11.5 Å². The Kier molecular flexibility index (Phi) is 6.75. The summed E-state index contributed by atoms with van der Waals surface area (Å²) < 4.78 is 43.8. The Morgan fingerprint density at radius 1 is 1.15 bits per heavy atom. The van der Waals surface area contributed by atoms with Gasteiger partial charge in [0.1, 0.15) is 11.5 Å². The first-order chi connectivity index (χ1) is 12.5. The highest BCUT2D eigenvalue weighted by molar-refractivity contribution is 6.31. The molecule has 4 N–H and O–H groups in total. The van der Waals surface area contributed by atoms with Crippen LogP contribution in [0.15, 0.2) is 42.5 Å². The van der Waals surface area contributed by atoms with Crippen LogP contribution < -0.4 is 10.5 Å². The van der Waals surface area contributed by atoms with Gasteiger partial charge < -0.3 is 20.7 Å². The van der Waals surface area contributed by atoms with Gasteiger partial charge in [-0.3, -0.25) is 0 Å². The van der Waals surface area contributed by atoms with E-state index in [-0.39, 0.29) is 36.0 Å². The highest BCUT2D eigenvalue weighted by atomic mass is 35.5. The van der Waals surface area contributed by atoms with Crippen molar-refractivity contribution in [2.24, 2.45) is 5.73 Å². The number of rotatable bonds is 7. The summed E-state index contributed by atoms with van der Waals surface area (Å²) in [6.45, 7) is 1.54. The molecule has 148 valence electrons. The quantitative estimate of drug-likeness (QED) is 0.638. The number of hydrogen-bond donors (Lipinski definition) is 3. The molecule has 27 heavy (non-hydrogen) atoms. The van der Waals surface area contributed by atoms with E-state index < -0.39 is 23.4 Å². The molecule has 2 unspecified atom stereocenters. The van der Waals surface area contributed by atoms with E-state index in [2.05, 4.69) is 0 Å². The van der Waals surface area contributed by atoms with Crippen LogP contribution in [0.2, 0.25) is 5.02 Å². The predicted molar refractivity (Wildman–Crippen MR) is 96.8 cm³/mol. The maximum atomic E-state index is 12.8. The maximum Gasteiger partial charge on any atom is 0.416 e. The van der Waals surface area contributed by atoms with Crippen LogP contribution in [0, 0.1) is 0 Å². The van der Waals surface area contributed by atoms with Gasteiger partial charge in [0.05, 0.1) is 11.7 Å². The third-order valence-electron chi connectivity index (χ3n) is 4.07. The van der Waals surface area contributed by atoms with Crippen molar-refractivity contribution in [3.63, 3.8) is 0 Å². The fraction of sp³-hybridized carbons (Fsp3) is 0.368. The molecule has 0 fully saturated rings. The number of nitrogens with two attached hydrogens (primary N) is 1. The molecule has 0 aliphatic heterocycles. The molecule has 8 heteroatoms. The monoisotopic (exact) mass is 403 g/mol. The average molecular weight is 404 g/mol. The third kappa shape index (κ3) is 5.84. The second-order valence-corrected chi connectivity index (χ2v) is 6.96. The molecule has 0 aliphatic rings. The third-order valence-corrected chi connectivity index (χ3v) is 4.39. The summed E-state index contributed by atoms with van der Waals surface area (Å²) in [4.78, 5) is 0. The molecule has 2 rings (SSSR count). The van der Waals surface area contributed by atoms with Gasteiger partial charge in [-0.25, -0.2) is 0 Å². The maximum absolute atomic E-state index is 12.8. The second-order valence-electron chi connectivity index (χ2n) is 6.56. The molecule has 0 saturated heterocycles. The summed E-state index contributed by atoms with van der Waals surface area (Å²) in [6, 6.07) is 9.15. The molecule has 0 spiro atoms. The molecule has 0 saturated carbocycles. The van der Waals surface area contributed by atoms with Gasteiger partial charge in [-0.05, 0) is 55.7 Å². The number of ether oxygens (including phenoxy) is 1. The van der Waals surface area contributed by atoms with Gasteiger partial charge in [-0.2, -0.15) is 13.2 Å². The van der Waals surface area contributed by atoms with E-state index in [1.807, 2.05) is 0 Å². The summed E-state index contributed by atoms with van der Waals surface area (Å²) in [5.74, 6) is 0.289. The van der Waals surface area contributed by atoms with Crippen molar-refractivity contribution in [3.05, 3.63) is 58.6 Å². The molecular weight excluding hydrogens is 383 g/mol. The van der Waals surface area contributed by atoms with Crippen LogP contribution in [0.4, 0.5) is 13.2 Å². The van der Waals surface area contributed by atoms with Crippen LogP contribution in [0.1, 0.15) is 30.9 Å². The Balaban J connectivity index is 2.19. The van der Waals surface area contributed by atoms with Gasteiger partial charge in [0.2, 0.25) is 0 Å². The molecule has 2 atom stereocenters. The first kappa shape index (κ1) is 21.5. The van der Waals surface area contributed by atoms with Crippen LogP contribution in [0.5, 0.6) is 11.5 Å². The minimum Gasteiger partial charge on any atom is -0.457 e. The molecule has 0 bridgehead atoms. The summed E-state index contributed by atoms with van der Waals surface area (Å²) in [5, 5.41) is 19.0. The summed E-state index contributed by atoms with van der Waals surface area (Å²) >= 11 is 6.27. The number of hydrogen-bond acceptors (Lipinski definition) is 4. The van der Waals surface area contributed by atoms with Crippen molar-refractivity contribution in [2.45, 2.75) is 37.6 Å². The lowest BCUT2D eigenvalue weighted by atomic mass is 9.86. The molecule has 4 nitrogen and oxygen atoms in total. The lowest BCUT2D eigenvalue weighted by Crippen LogP contribution is -2.37. The lowest BCUT2D eigenvalue weighted by Gasteiger charge is -2.29. The standard InChI is InChI=1S/C19H21ClF3NO3/c1-18(24,11-13(26)7-8-25)16-6-5-15(10-17(16)20)27-14-4-2-3-12(9-14)19(21,22)23/h2-6,9-10,13,25-26H,7-8,11,24H2,1H3. The molecule has 2 aromatic carbocycles. The van der Waals surface area contributed by atoms with Crippen LogP contribution in [-0.4, -0.2) is 22.9 Å². The minimum absolute atomic E-state index is 0.0301. The predicted octanol–water partition coefficient (Wildman–Crippen LogP) is 4.46. The number of aliphatic hydroxyl groups is 2. The van der Waals surface area contributed by atoms with Gasteiger partial charge in [0.25, 0.3) is 0 Å². The van der Waals surface area contributed by atoms with Gasteiger partial charge in [-0.1, -0.05) is 23.7 Å². The van der Waals surface area contributed by atoms with E-state index >= 15 is 0 Å². The van der Waals surface area contributed by atoms with Crippen LogP contribution in [-0.2, 0) is 11.7 Å². The van der Waals surface area contributed by atoms with Crippen LogP contribution in [0.3, 0.4) is 0 Å². The van der Waals surface area contributed by atoms with E-state index in [9.17, 15) is 18.3 Å². The average Bonchev–Trinajstić information content (AvgIpc) is 2.53. The zero-order chi connectivity index (χ0) is 20.2. The van der Waals surface area contributed by atoms with Crippen LogP contribution >= 0.6 is 11.6 Å². The lowest BCUT2D eigenvalue weighted by molar-refractivity contribution is -0.137. The highest BCUT2D eigenvalue weighted by Crippen LogP contribution is 2.36. The zero-order valence-electron chi connectivity index (χ0n) is 14.6. The SMILES string of the molecule is CC(N)(CC(O)CCO)c1ccc(Oc2cccc(C(F)(F)F)c2)cc1Cl. The molecular formula is C19H21ClF3NO3. The number of benzene rings is 2. The van der Waals surface area contributed by atoms with Gasteiger partial charge in [0, 0.05) is 17.2 Å². The molecule has 0 radical (unpaired) electrons. The number of aliphatic hydroxyl groups excluding tert-OH is 2. The molecule has 0 aromatic heterocycles. The Labute approximate surface area is 160 Å². The van der Waals surface area contributed by atoms with E-state index in [4.69, 9.17) is 27.2 Å². The van der Waals surface area contributed by atoms with Crippen molar-refractivity contribution in [1.29, 1.82) is 0 Å². The first-order valence-electron chi connectivity index (χ1n) is 8.26. The molecule has 0 heterocycles. The number of halogens is 4. The first-order valence-corrected chi connectivity index (χ1v) is 8.63. The molecule has 2 aromatic rings. The Hall–Kier alpha value is -1.80. The Morgan fingerprint density at radius 2 is 1.81 bits per heavy atom. The smallest absolute Gasteiger partial charge is 0.416 e. The minimum atomic E-state index is -4.46. The summed E-state index contributed by atoms with van der Waals surface area (Å²) in [7, 11) is 0.